The maximum Gasteiger partial charge on any atom is 0.268 e. The first-order valence-corrected chi connectivity index (χ1v) is 7.45. The van der Waals surface area contributed by atoms with E-state index in [9.17, 15) is 9.59 Å². The highest BCUT2D eigenvalue weighted by atomic mass is 16.5. The minimum absolute atomic E-state index is 0.00993. The molecule has 2 rings (SSSR count). The van der Waals surface area contributed by atoms with E-state index in [4.69, 9.17) is 4.74 Å². The predicted molar refractivity (Wildman–Crippen MR) is 81.9 cm³/mol. The minimum atomic E-state index is -0.293. The molecule has 2 N–H and O–H groups in total. The first kappa shape index (κ1) is 16.2. The van der Waals surface area contributed by atoms with Gasteiger partial charge in [-0.3, -0.25) is 9.59 Å². The molecule has 1 aliphatic heterocycles. The summed E-state index contributed by atoms with van der Waals surface area (Å²) < 4.78 is 7.40. The van der Waals surface area contributed by atoms with Crippen LogP contribution in [0.15, 0.2) is 12.0 Å². The molecule has 0 aromatic carbocycles. The maximum absolute atomic E-state index is 11.8. The minimum Gasteiger partial charge on any atom is -0.380 e. The Bertz CT molecular complexity index is 590. The van der Waals surface area contributed by atoms with Crippen molar-refractivity contribution in [1.82, 2.24) is 20.2 Å². The lowest BCUT2D eigenvalue weighted by Crippen LogP contribution is -2.46. The molecule has 0 unspecified atom stereocenters. The number of imidazole rings is 1. The number of carbonyl (C=O) groups is 2. The molecule has 7 nitrogen and oxygen atoms in total. The Kier molecular flexibility index (Phi) is 5.32. The van der Waals surface area contributed by atoms with Crippen molar-refractivity contribution in [1.29, 1.82) is 0 Å². The molecule has 1 aromatic heterocycles. The highest BCUT2D eigenvalue weighted by Gasteiger charge is 2.21. The number of nitrogens with zero attached hydrogens (tertiary/aromatic N) is 2. The highest BCUT2D eigenvalue weighted by molar-refractivity contribution is 6.05. The lowest BCUT2D eigenvalue weighted by atomic mass is 10.1. The number of amides is 2. The van der Waals surface area contributed by atoms with Gasteiger partial charge in [0.25, 0.3) is 5.91 Å². The molecule has 1 aromatic rings. The number of hydrogen-bond acceptors (Lipinski definition) is 4. The number of nitrogens with one attached hydrogen (secondary N) is 2. The molecule has 22 heavy (non-hydrogen) atoms. The number of ether oxygens (including phenoxy) is 1. The van der Waals surface area contributed by atoms with E-state index in [1.165, 1.54) is 0 Å². The van der Waals surface area contributed by atoms with Crippen molar-refractivity contribution < 1.29 is 14.3 Å². The Balaban J connectivity index is 2.26. The predicted octanol–water partition coefficient (Wildman–Crippen LogP) is 0.630. The lowest BCUT2D eigenvalue weighted by Gasteiger charge is -2.16. The summed E-state index contributed by atoms with van der Waals surface area (Å²) in [6, 6.07) is 0. The van der Waals surface area contributed by atoms with E-state index in [1.807, 2.05) is 11.5 Å². The fourth-order valence-electron chi connectivity index (χ4n) is 2.38. The molecule has 0 saturated carbocycles. The van der Waals surface area contributed by atoms with E-state index < -0.39 is 0 Å². The summed E-state index contributed by atoms with van der Waals surface area (Å²) in [7, 11) is 0. The third kappa shape index (κ3) is 3.73. The summed E-state index contributed by atoms with van der Waals surface area (Å²) in [6.45, 7) is 8.09. The molecule has 0 aliphatic carbocycles. The van der Waals surface area contributed by atoms with Gasteiger partial charge in [-0.05, 0) is 18.9 Å². The Morgan fingerprint density at radius 2 is 2.23 bits per heavy atom. The first-order valence-electron chi connectivity index (χ1n) is 7.45. The number of hydrogen-bond donors (Lipinski definition) is 2. The van der Waals surface area contributed by atoms with Gasteiger partial charge in [0.1, 0.15) is 5.70 Å². The van der Waals surface area contributed by atoms with Crippen molar-refractivity contribution in [2.45, 2.75) is 33.2 Å². The van der Waals surface area contributed by atoms with Crippen molar-refractivity contribution in [3.8, 4) is 0 Å². The van der Waals surface area contributed by atoms with Crippen LogP contribution in [-0.2, 0) is 20.9 Å². The van der Waals surface area contributed by atoms with Crippen LogP contribution in [0.25, 0.3) is 6.08 Å². The molecule has 1 saturated heterocycles. The Labute approximate surface area is 129 Å². The van der Waals surface area contributed by atoms with Crippen LogP contribution in [-0.4, -0.2) is 41.1 Å². The van der Waals surface area contributed by atoms with E-state index in [1.54, 1.807) is 12.4 Å². The van der Waals surface area contributed by atoms with Crippen molar-refractivity contribution >= 4 is 17.9 Å². The zero-order chi connectivity index (χ0) is 16.1. The van der Waals surface area contributed by atoms with Crippen molar-refractivity contribution in [2.24, 2.45) is 0 Å². The van der Waals surface area contributed by atoms with Crippen molar-refractivity contribution in [3.05, 3.63) is 23.4 Å². The fraction of sp³-hybridized carbons (Fsp3) is 0.533. The summed E-state index contributed by atoms with van der Waals surface area (Å²) in [6.07, 6.45) is 3.36. The summed E-state index contributed by atoms with van der Waals surface area (Å²) in [5.74, 6) is -0.288. The summed E-state index contributed by atoms with van der Waals surface area (Å²) in [4.78, 5) is 27.6. The molecule has 0 radical (unpaired) electrons. The number of piperazine rings is 1. The average molecular weight is 306 g/mol. The lowest BCUT2D eigenvalue weighted by molar-refractivity contribution is -0.127. The summed E-state index contributed by atoms with van der Waals surface area (Å²) >= 11 is 0. The van der Waals surface area contributed by atoms with Crippen LogP contribution >= 0.6 is 0 Å². The third-order valence-corrected chi connectivity index (χ3v) is 3.34. The molecule has 120 valence electrons. The van der Waals surface area contributed by atoms with E-state index in [2.05, 4.69) is 29.5 Å². The Hall–Kier alpha value is -2.15. The largest absolute Gasteiger partial charge is 0.380 e. The number of aromatic nitrogens is 2. The van der Waals surface area contributed by atoms with Gasteiger partial charge in [0.05, 0.1) is 25.2 Å². The van der Waals surface area contributed by atoms with Crippen LogP contribution in [0, 0.1) is 0 Å². The molecule has 0 bridgehead atoms. The van der Waals surface area contributed by atoms with Crippen LogP contribution in [0.5, 0.6) is 0 Å². The summed E-state index contributed by atoms with van der Waals surface area (Å²) in [5.41, 5.74) is 1.94. The number of rotatable bonds is 6. The molecule has 0 atom stereocenters. The van der Waals surface area contributed by atoms with Gasteiger partial charge < -0.3 is 19.9 Å². The topological polar surface area (TPSA) is 85.2 Å². The van der Waals surface area contributed by atoms with Gasteiger partial charge in [0.2, 0.25) is 5.91 Å². The van der Waals surface area contributed by atoms with Crippen molar-refractivity contribution in [3.63, 3.8) is 0 Å². The van der Waals surface area contributed by atoms with Crippen LogP contribution in [0.4, 0.5) is 0 Å². The second kappa shape index (κ2) is 7.22. The highest BCUT2D eigenvalue weighted by Crippen LogP contribution is 2.21. The van der Waals surface area contributed by atoms with Gasteiger partial charge in [-0.15, -0.1) is 0 Å². The van der Waals surface area contributed by atoms with Crippen LogP contribution in [0.1, 0.15) is 38.1 Å². The molecule has 1 aliphatic rings. The standard InChI is InChI=1S/C15H22N4O3/c1-4-22-6-5-19-9-17-11(14(19)10(2)3)7-12-15(21)16-8-13(20)18-12/h7,9-10H,4-6,8H2,1-3H3,(H,16,21)(H,18,20). The molecule has 2 amide bonds. The molecule has 0 spiro atoms. The smallest absolute Gasteiger partial charge is 0.268 e. The second-order valence-electron chi connectivity index (χ2n) is 5.35. The SMILES string of the molecule is CCOCCn1cnc(C=C2NC(=O)CNC2=O)c1C(C)C. The zero-order valence-corrected chi connectivity index (χ0v) is 13.2. The number of carbonyl (C=O) groups excluding carboxylic acids is 2. The molecule has 2 heterocycles. The van der Waals surface area contributed by atoms with Crippen LogP contribution in [0.2, 0.25) is 0 Å². The monoisotopic (exact) mass is 306 g/mol. The molecule has 7 heteroatoms. The van der Waals surface area contributed by atoms with Gasteiger partial charge in [-0.1, -0.05) is 13.8 Å². The van der Waals surface area contributed by atoms with Crippen LogP contribution in [0.3, 0.4) is 0 Å². The van der Waals surface area contributed by atoms with Crippen LogP contribution < -0.4 is 10.6 Å². The van der Waals surface area contributed by atoms with E-state index in [-0.39, 0.29) is 30.0 Å². The third-order valence-electron chi connectivity index (χ3n) is 3.34. The average Bonchev–Trinajstić information content (AvgIpc) is 2.86. The Morgan fingerprint density at radius 3 is 2.91 bits per heavy atom. The normalized spacial score (nSPS) is 17.0. The fourth-order valence-corrected chi connectivity index (χ4v) is 2.38. The maximum atomic E-state index is 11.8. The van der Waals surface area contributed by atoms with Gasteiger partial charge in [0, 0.05) is 18.8 Å². The zero-order valence-electron chi connectivity index (χ0n) is 13.2. The second-order valence-corrected chi connectivity index (χ2v) is 5.35. The quantitative estimate of drug-likeness (QED) is 0.596. The van der Waals surface area contributed by atoms with E-state index in [0.717, 1.165) is 5.69 Å². The van der Waals surface area contributed by atoms with E-state index >= 15 is 0 Å². The molecular weight excluding hydrogens is 284 g/mol. The first-order chi connectivity index (χ1) is 10.5. The van der Waals surface area contributed by atoms with Gasteiger partial charge in [-0.25, -0.2) is 4.98 Å². The Morgan fingerprint density at radius 1 is 1.45 bits per heavy atom. The van der Waals surface area contributed by atoms with Gasteiger partial charge in [-0.2, -0.15) is 0 Å². The van der Waals surface area contributed by atoms with E-state index in [0.29, 0.717) is 25.5 Å². The molecule has 1 fully saturated rings. The van der Waals surface area contributed by atoms with Crippen molar-refractivity contribution in [2.75, 3.05) is 19.8 Å². The molecular formula is C15H22N4O3. The summed E-state index contributed by atoms with van der Waals surface area (Å²) in [5, 5.41) is 5.10. The van der Waals surface area contributed by atoms with Gasteiger partial charge >= 0.3 is 0 Å². The van der Waals surface area contributed by atoms with Gasteiger partial charge in [0.15, 0.2) is 0 Å².